The molecule has 10 heteroatoms. The van der Waals surface area contributed by atoms with Crippen LogP contribution in [0.3, 0.4) is 0 Å². The third-order valence-corrected chi connectivity index (χ3v) is 4.73. The van der Waals surface area contributed by atoms with Crippen molar-refractivity contribution in [2.45, 2.75) is 11.1 Å². The lowest BCUT2D eigenvalue weighted by Gasteiger charge is -2.15. The molecule has 0 unspecified atom stereocenters. The Balaban J connectivity index is 2.62. The Morgan fingerprint density at radius 2 is 1.88 bits per heavy atom. The van der Waals surface area contributed by atoms with Crippen LogP contribution in [0, 0.1) is 0 Å². The summed E-state index contributed by atoms with van der Waals surface area (Å²) in [6.45, 7) is 1.86. The molecule has 0 radical (unpaired) electrons. The monoisotopic (exact) mass is 365 g/mol. The SMILES string of the molecule is C=CCN(C)S(=O)(=O)c1ccc(NCC(=O)NCC(F)(F)F)cc1. The fourth-order valence-corrected chi connectivity index (χ4v) is 2.79. The van der Waals surface area contributed by atoms with Gasteiger partial charge in [-0.1, -0.05) is 6.08 Å². The number of hydrogen-bond donors (Lipinski definition) is 2. The lowest BCUT2D eigenvalue weighted by molar-refractivity contribution is -0.137. The first kappa shape index (κ1) is 20.0. The van der Waals surface area contributed by atoms with E-state index in [1.54, 1.807) is 5.32 Å². The molecule has 1 aromatic rings. The molecule has 134 valence electrons. The van der Waals surface area contributed by atoms with E-state index in [1.165, 1.54) is 37.4 Å². The largest absolute Gasteiger partial charge is 0.405 e. The van der Waals surface area contributed by atoms with Gasteiger partial charge in [0, 0.05) is 19.3 Å². The van der Waals surface area contributed by atoms with Crippen LogP contribution in [-0.2, 0) is 14.8 Å². The van der Waals surface area contributed by atoms with Gasteiger partial charge in [0.25, 0.3) is 0 Å². The summed E-state index contributed by atoms with van der Waals surface area (Å²) in [6, 6.07) is 5.52. The van der Waals surface area contributed by atoms with Crippen molar-refractivity contribution in [3.05, 3.63) is 36.9 Å². The summed E-state index contributed by atoms with van der Waals surface area (Å²) in [6.07, 6.45) is -3.02. The highest BCUT2D eigenvalue weighted by molar-refractivity contribution is 7.89. The summed E-state index contributed by atoms with van der Waals surface area (Å²) in [7, 11) is -2.23. The Morgan fingerprint density at radius 3 is 2.38 bits per heavy atom. The number of carbonyl (C=O) groups excluding carboxylic acids is 1. The van der Waals surface area contributed by atoms with Crippen LogP contribution in [0.25, 0.3) is 0 Å². The molecule has 0 atom stereocenters. The second-order valence-corrected chi connectivity index (χ2v) is 6.89. The topological polar surface area (TPSA) is 78.5 Å². The van der Waals surface area contributed by atoms with Crippen LogP contribution >= 0.6 is 0 Å². The number of carbonyl (C=O) groups is 1. The molecule has 0 aliphatic rings. The van der Waals surface area contributed by atoms with E-state index in [-0.39, 0.29) is 18.0 Å². The molecule has 0 aromatic heterocycles. The molecule has 1 amide bonds. The summed E-state index contributed by atoms with van der Waals surface area (Å²) in [5, 5.41) is 4.33. The number of nitrogens with zero attached hydrogens (tertiary/aromatic N) is 1. The van der Waals surface area contributed by atoms with Crippen molar-refractivity contribution in [1.29, 1.82) is 0 Å². The number of benzene rings is 1. The number of nitrogens with one attached hydrogen (secondary N) is 2. The van der Waals surface area contributed by atoms with Crippen molar-refractivity contribution in [1.82, 2.24) is 9.62 Å². The maximum atomic E-state index is 12.2. The lowest BCUT2D eigenvalue weighted by Crippen LogP contribution is -2.37. The van der Waals surface area contributed by atoms with Crippen LogP contribution in [0.2, 0.25) is 0 Å². The highest BCUT2D eigenvalue weighted by Crippen LogP contribution is 2.17. The second-order valence-electron chi connectivity index (χ2n) is 4.84. The van der Waals surface area contributed by atoms with E-state index in [9.17, 15) is 26.4 Å². The zero-order chi connectivity index (χ0) is 18.4. The van der Waals surface area contributed by atoms with Gasteiger partial charge in [-0.05, 0) is 24.3 Å². The number of amides is 1. The maximum absolute atomic E-state index is 12.2. The minimum absolute atomic E-state index is 0.0546. The number of sulfonamides is 1. The molecule has 0 fully saturated rings. The maximum Gasteiger partial charge on any atom is 0.405 e. The molecule has 0 heterocycles. The van der Waals surface area contributed by atoms with Crippen LogP contribution < -0.4 is 10.6 Å². The van der Waals surface area contributed by atoms with E-state index in [2.05, 4.69) is 11.9 Å². The first-order valence-corrected chi connectivity index (χ1v) is 8.25. The van der Waals surface area contributed by atoms with E-state index in [0.717, 1.165) is 4.31 Å². The molecule has 0 aliphatic heterocycles. The van der Waals surface area contributed by atoms with Gasteiger partial charge in [-0.2, -0.15) is 17.5 Å². The lowest BCUT2D eigenvalue weighted by atomic mass is 10.3. The van der Waals surface area contributed by atoms with E-state index >= 15 is 0 Å². The molecular weight excluding hydrogens is 347 g/mol. The molecule has 0 saturated carbocycles. The van der Waals surface area contributed by atoms with Gasteiger partial charge in [-0.3, -0.25) is 4.79 Å². The van der Waals surface area contributed by atoms with Crippen molar-refractivity contribution >= 4 is 21.6 Å². The smallest absolute Gasteiger partial charge is 0.376 e. The first-order chi connectivity index (χ1) is 11.1. The van der Waals surface area contributed by atoms with Crippen LogP contribution in [0.5, 0.6) is 0 Å². The van der Waals surface area contributed by atoms with Crippen molar-refractivity contribution in [3.63, 3.8) is 0 Å². The van der Waals surface area contributed by atoms with Gasteiger partial charge in [0.15, 0.2) is 0 Å². The quantitative estimate of drug-likeness (QED) is 0.686. The molecule has 0 spiro atoms. The van der Waals surface area contributed by atoms with Crippen molar-refractivity contribution in [2.24, 2.45) is 0 Å². The van der Waals surface area contributed by atoms with Crippen molar-refractivity contribution in [2.75, 3.05) is 32.0 Å². The fraction of sp³-hybridized carbons (Fsp3) is 0.357. The van der Waals surface area contributed by atoms with E-state index < -0.39 is 28.7 Å². The van der Waals surface area contributed by atoms with Gasteiger partial charge in [-0.15, -0.1) is 6.58 Å². The Bertz CT molecular complexity index is 673. The Kier molecular flexibility index (Phi) is 6.79. The summed E-state index contributed by atoms with van der Waals surface area (Å²) in [4.78, 5) is 11.3. The van der Waals surface area contributed by atoms with E-state index in [1.807, 2.05) is 0 Å². The number of alkyl halides is 3. The van der Waals surface area contributed by atoms with Gasteiger partial charge in [0.05, 0.1) is 11.4 Å². The number of likely N-dealkylation sites (N-methyl/N-ethyl adjacent to an activating group) is 1. The number of hydrogen-bond acceptors (Lipinski definition) is 4. The number of anilines is 1. The summed E-state index contributed by atoms with van der Waals surface area (Å²) in [5.41, 5.74) is 0.405. The van der Waals surface area contributed by atoms with E-state index in [0.29, 0.717) is 5.69 Å². The third-order valence-electron chi connectivity index (χ3n) is 2.89. The Labute approximate surface area is 138 Å². The molecule has 2 N–H and O–H groups in total. The highest BCUT2D eigenvalue weighted by atomic mass is 32.2. The van der Waals surface area contributed by atoms with Gasteiger partial charge in [-0.25, -0.2) is 8.42 Å². The van der Waals surface area contributed by atoms with Crippen LogP contribution in [0.4, 0.5) is 18.9 Å². The minimum atomic E-state index is -4.47. The average molecular weight is 365 g/mol. The van der Waals surface area contributed by atoms with Crippen molar-refractivity contribution < 1.29 is 26.4 Å². The molecule has 0 saturated heterocycles. The standard InChI is InChI=1S/C14H18F3N3O3S/c1-3-8-20(2)24(22,23)12-6-4-11(5-7-12)18-9-13(21)19-10-14(15,16)17/h3-7,18H,1,8-10H2,2H3,(H,19,21). The predicted molar refractivity (Wildman–Crippen MR) is 84.0 cm³/mol. The molecule has 0 bridgehead atoms. The molecule has 1 rings (SSSR count). The Morgan fingerprint density at radius 1 is 1.29 bits per heavy atom. The van der Waals surface area contributed by atoms with Crippen LogP contribution in [0.15, 0.2) is 41.8 Å². The molecule has 0 aliphatic carbocycles. The van der Waals surface area contributed by atoms with Crippen LogP contribution in [0.1, 0.15) is 0 Å². The van der Waals surface area contributed by atoms with Gasteiger partial charge in [0.1, 0.15) is 6.54 Å². The zero-order valence-electron chi connectivity index (χ0n) is 12.9. The number of halogens is 3. The summed E-state index contributed by atoms with van der Waals surface area (Å²) in [5.74, 6) is -0.824. The first-order valence-electron chi connectivity index (χ1n) is 6.81. The van der Waals surface area contributed by atoms with Crippen LogP contribution in [-0.4, -0.2) is 51.5 Å². The van der Waals surface area contributed by atoms with Gasteiger partial charge >= 0.3 is 6.18 Å². The highest BCUT2D eigenvalue weighted by Gasteiger charge is 2.27. The predicted octanol–water partition coefficient (Wildman–Crippen LogP) is 1.58. The normalized spacial score (nSPS) is 12.0. The fourth-order valence-electron chi connectivity index (χ4n) is 1.65. The Hall–Kier alpha value is -2.07. The third kappa shape index (κ3) is 6.20. The van der Waals surface area contributed by atoms with Gasteiger partial charge < -0.3 is 10.6 Å². The minimum Gasteiger partial charge on any atom is -0.376 e. The molecule has 1 aromatic carbocycles. The van der Waals surface area contributed by atoms with Crippen molar-refractivity contribution in [3.8, 4) is 0 Å². The average Bonchev–Trinajstić information content (AvgIpc) is 2.51. The zero-order valence-corrected chi connectivity index (χ0v) is 13.7. The number of rotatable bonds is 8. The molecular formula is C14H18F3N3O3S. The molecule has 6 nitrogen and oxygen atoms in total. The summed E-state index contributed by atoms with van der Waals surface area (Å²) >= 11 is 0. The summed E-state index contributed by atoms with van der Waals surface area (Å²) < 4.78 is 61.3. The second kappa shape index (κ2) is 8.15. The van der Waals surface area contributed by atoms with E-state index in [4.69, 9.17) is 0 Å². The molecule has 24 heavy (non-hydrogen) atoms. The van der Waals surface area contributed by atoms with Gasteiger partial charge in [0.2, 0.25) is 15.9 Å².